The molecule has 0 atom stereocenters. The number of nitrogens with zero attached hydrogens (tertiary/aromatic N) is 11. The van der Waals surface area contributed by atoms with Gasteiger partial charge in [-0.25, -0.2) is 39.9 Å². The molecule has 0 saturated heterocycles. The number of thiazole rings is 1. The number of para-hydroxylation sites is 7. The molecule has 8 aromatic heterocycles. The predicted octanol–water partition coefficient (Wildman–Crippen LogP) is 25.5. The van der Waals surface area contributed by atoms with Crippen LogP contribution in [0, 0.1) is 0 Å². The minimum Gasteiger partial charge on any atom is -0.456 e. The summed E-state index contributed by atoms with van der Waals surface area (Å²) in [6.07, 6.45) is 0. The first kappa shape index (κ1) is 64.5. The van der Waals surface area contributed by atoms with E-state index in [1.54, 1.807) is 11.3 Å². The minimum atomic E-state index is 0.574. The van der Waals surface area contributed by atoms with E-state index >= 15 is 0 Å². The van der Waals surface area contributed by atoms with Crippen molar-refractivity contribution in [1.29, 1.82) is 0 Å². The first-order valence-electron chi connectivity index (χ1n) is 37.1. The van der Waals surface area contributed by atoms with Crippen LogP contribution in [0.2, 0.25) is 0 Å². The van der Waals surface area contributed by atoms with Crippen molar-refractivity contribution in [2.45, 2.75) is 0 Å². The van der Waals surface area contributed by atoms with Gasteiger partial charge >= 0.3 is 0 Å². The van der Waals surface area contributed by atoms with Crippen LogP contribution in [0.5, 0.6) is 0 Å². The molecule has 112 heavy (non-hydrogen) atoms. The van der Waals surface area contributed by atoms with E-state index in [2.05, 4.69) is 244 Å². The topological polar surface area (TPSA) is 131 Å². The summed E-state index contributed by atoms with van der Waals surface area (Å²) in [5.74, 6) is 4.42. The Morgan fingerprint density at radius 2 is 0.670 bits per heavy atom. The van der Waals surface area contributed by atoms with Gasteiger partial charge in [-0.3, -0.25) is 4.57 Å². The van der Waals surface area contributed by atoms with Gasteiger partial charge in [0.2, 0.25) is 0 Å². The van der Waals surface area contributed by atoms with Gasteiger partial charge in [-0.2, -0.15) is 0 Å². The summed E-state index contributed by atoms with van der Waals surface area (Å²) in [6.45, 7) is 0. The normalized spacial score (nSPS) is 11.8. The third kappa shape index (κ3) is 10.9. The molecule has 0 unspecified atom stereocenters. The Kier molecular flexibility index (Phi) is 15.3. The molecule has 0 saturated carbocycles. The maximum absolute atomic E-state index is 6.38. The molecule has 0 bridgehead atoms. The van der Waals surface area contributed by atoms with Crippen LogP contribution in [0.25, 0.3) is 214 Å². The smallest absolute Gasteiger partial charge is 0.166 e. The lowest BCUT2D eigenvalue weighted by Crippen LogP contribution is -2.05. The summed E-state index contributed by atoms with van der Waals surface area (Å²) in [6, 6.07) is 124. The van der Waals surface area contributed by atoms with Gasteiger partial charge in [0.15, 0.2) is 34.9 Å². The molecule has 23 aromatic rings. The van der Waals surface area contributed by atoms with Gasteiger partial charge in [-0.1, -0.05) is 237 Å². The molecular weight excluding hydrogens is 1410 g/mol. The largest absolute Gasteiger partial charge is 0.456 e. The number of aromatic nitrogens is 11. The molecule has 0 fully saturated rings. The zero-order chi connectivity index (χ0) is 73.7. The highest BCUT2D eigenvalue weighted by molar-refractivity contribution is 7.26. The third-order valence-electron chi connectivity index (χ3n) is 21.1. The van der Waals surface area contributed by atoms with Gasteiger partial charge in [0.05, 0.1) is 54.7 Å². The maximum atomic E-state index is 6.38. The number of imidazole rings is 1. The molecule has 0 aliphatic carbocycles. The van der Waals surface area contributed by atoms with Crippen molar-refractivity contribution in [3.63, 3.8) is 0 Å². The van der Waals surface area contributed by atoms with E-state index in [1.165, 1.54) is 30.9 Å². The number of rotatable bonds is 11. The molecule has 0 aliphatic rings. The Balaban J connectivity index is 0.000000138. The second-order valence-corrected chi connectivity index (χ2v) is 29.8. The van der Waals surface area contributed by atoms with Crippen LogP contribution in [-0.2, 0) is 0 Å². The molecule has 8 heterocycles. The van der Waals surface area contributed by atoms with Crippen molar-refractivity contribution in [2.75, 3.05) is 0 Å². The molecule has 12 nitrogen and oxygen atoms in total. The summed E-state index contributed by atoms with van der Waals surface area (Å²) in [7, 11) is 0. The molecule has 23 rings (SSSR count). The number of hydrogen-bond donors (Lipinski definition) is 0. The molecule has 0 amide bonds. The van der Waals surface area contributed by atoms with E-state index in [0.717, 1.165) is 148 Å². The van der Waals surface area contributed by atoms with Crippen molar-refractivity contribution in [3.05, 3.63) is 358 Å². The van der Waals surface area contributed by atoms with Gasteiger partial charge in [-0.05, 0) is 121 Å². The zero-order valence-corrected chi connectivity index (χ0v) is 61.3. The van der Waals surface area contributed by atoms with E-state index in [0.29, 0.717) is 34.9 Å². The van der Waals surface area contributed by atoms with Gasteiger partial charge in [-0.15, -0.1) is 22.7 Å². The molecule has 0 spiro atoms. The summed E-state index contributed by atoms with van der Waals surface area (Å²) >= 11 is 3.53. The maximum Gasteiger partial charge on any atom is 0.166 e. The highest BCUT2D eigenvalue weighted by Gasteiger charge is 2.27. The molecule has 524 valence electrons. The predicted molar refractivity (Wildman–Crippen MR) is 460 cm³/mol. The molecule has 15 aromatic carbocycles. The fourth-order valence-corrected chi connectivity index (χ4v) is 18.1. The summed E-state index contributed by atoms with van der Waals surface area (Å²) in [4.78, 5) is 41.5. The van der Waals surface area contributed by atoms with Gasteiger partial charge in [0, 0.05) is 103 Å². The van der Waals surface area contributed by atoms with Crippen molar-refractivity contribution in [2.24, 2.45) is 0 Å². The Hall–Kier alpha value is -14.7. The molecule has 0 radical (unpaired) electrons. The summed E-state index contributed by atoms with van der Waals surface area (Å²) < 4.78 is 17.1. The van der Waals surface area contributed by atoms with Crippen molar-refractivity contribution in [3.8, 4) is 107 Å². The standard InChI is InChI=1S/C52H32N6S.C46H27N5OS/c1-4-16-33(17-5-1)49-54-50(34-18-6-2-7-19-34)56-51(55-49)39-32-35(52-53-40-24-12-14-26-43(40)57(52)36-20-8-3-9-21-36)28-29-42(39)58-41-25-13-10-22-37(41)47-44(58)30-31-46-48(47)38-23-11-15-27-45(38)59-46;1-3-13-28(14-4-1)43-48-44(29-15-5-2-6-16-29)50-45(49-43)33-27-30(46-47-34-19-9-12-22-40(34)53-46)23-24-36(33)51-35-20-10-7-17-31(35)41-37(51)25-26-39-42(41)32-18-8-11-21-38(32)52-39/h1-32H;1-27H. The number of benzene rings is 15. The fraction of sp³-hybridized carbons (Fsp3) is 0. The van der Waals surface area contributed by atoms with Gasteiger partial charge in [0.1, 0.15) is 22.0 Å². The Bertz CT molecular complexity index is 7490. The lowest BCUT2D eigenvalue weighted by Gasteiger charge is -2.17. The van der Waals surface area contributed by atoms with Gasteiger partial charge in [0.25, 0.3) is 0 Å². The zero-order valence-electron chi connectivity index (χ0n) is 59.7. The van der Waals surface area contributed by atoms with Crippen LogP contribution < -0.4 is 0 Å². The lowest BCUT2D eigenvalue weighted by molar-refractivity contribution is 0.669. The van der Waals surface area contributed by atoms with E-state index < -0.39 is 0 Å². The Labute approximate surface area is 648 Å². The van der Waals surface area contributed by atoms with Crippen LogP contribution in [-0.4, -0.2) is 53.6 Å². The summed E-state index contributed by atoms with van der Waals surface area (Å²) in [5.41, 5.74) is 19.4. The number of furan rings is 1. The van der Waals surface area contributed by atoms with E-state index in [4.69, 9.17) is 44.3 Å². The van der Waals surface area contributed by atoms with Crippen LogP contribution >= 0.6 is 22.7 Å². The molecule has 14 heteroatoms. The van der Waals surface area contributed by atoms with Crippen molar-refractivity contribution in [1.82, 2.24) is 53.6 Å². The first-order chi connectivity index (χ1) is 55.5. The monoisotopic (exact) mass is 1470 g/mol. The average molecular weight is 1470 g/mol. The number of thiophene rings is 1. The van der Waals surface area contributed by atoms with Gasteiger partial charge < -0.3 is 13.6 Å². The Morgan fingerprint density at radius 1 is 0.232 bits per heavy atom. The van der Waals surface area contributed by atoms with E-state index in [-0.39, 0.29) is 0 Å². The van der Waals surface area contributed by atoms with Crippen LogP contribution in [0.4, 0.5) is 0 Å². The molecular formula is C98H59N11OS2. The molecule has 0 aliphatic heterocycles. The second-order valence-electron chi connectivity index (χ2n) is 27.7. The highest BCUT2D eigenvalue weighted by atomic mass is 32.1. The average Bonchev–Trinajstić information content (AvgIpc) is 1.56. The third-order valence-corrected chi connectivity index (χ3v) is 23.3. The quantitative estimate of drug-likeness (QED) is 0.124. The lowest BCUT2D eigenvalue weighted by atomic mass is 10.0. The second kappa shape index (κ2) is 26.6. The van der Waals surface area contributed by atoms with Crippen molar-refractivity contribution >= 4 is 130 Å². The van der Waals surface area contributed by atoms with E-state index in [9.17, 15) is 0 Å². The van der Waals surface area contributed by atoms with Crippen LogP contribution in [0.15, 0.2) is 362 Å². The highest BCUT2D eigenvalue weighted by Crippen LogP contribution is 2.48. The van der Waals surface area contributed by atoms with Crippen LogP contribution in [0.3, 0.4) is 0 Å². The number of fused-ring (bicyclic) bond motifs is 16. The fourth-order valence-electron chi connectivity index (χ4n) is 16.1. The van der Waals surface area contributed by atoms with E-state index in [1.807, 2.05) is 139 Å². The SMILES string of the molecule is c1ccc(-c2nc(-c3ccccc3)nc(-c3cc(-c4nc5ccccc5n4-c4ccccc4)ccc3-n3c4ccccc4c4c5c(ccc43)sc3ccccc35)n2)cc1.c1ccc(-c2nc(-c3ccccc3)nc(-c3cc(-c4nc5ccccc5s4)ccc3-n3c4ccccc4c4c5c(ccc43)oc3ccccc35)n2)cc1. The summed E-state index contributed by atoms with van der Waals surface area (Å²) in [5, 5.41) is 10.4. The minimum absolute atomic E-state index is 0.574. The Morgan fingerprint density at radius 3 is 1.24 bits per heavy atom. The molecule has 0 N–H and O–H groups in total. The van der Waals surface area contributed by atoms with Crippen LogP contribution in [0.1, 0.15) is 0 Å². The van der Waals surface area contributed by atoms with Crippen molar-refractivity contribution < 1.29 is 4.42 Å². The first-order valence-corrected chi connectivity index (χ1v) is 38.8. The number of hydrogen-bond acceptors (Lipinski definition) is 11.